The average Bonchev–Trinajstić information content (AvgIpc) is 1.56. The Kier molecular flexibility index (Phi) is 4.49. The molecule has 0 fully saturated rings. The fraction of sp³-hybridized carbons (Fsp3) is 0.750. The Hall–Kier alpha value is 1.31. The molecule has 11 heavy (non-hydrogen) atoms. The van der Waals surface area contributed by atoms with Gasteiger partial charge in [-0.3, -0.25) is 0 Å². The Morgan fingerprint density at radius 1 is 1.09 bits per heavy atom. The monoisotopic (exact) mass is 263 g/mol. The van der Waals surface area contributed by atoms with Crippen LogP contribution in [0, 0.1) is 5.38 Å². The minimum Gasteiger partial charge on any atom is -0.186 e. The molecule has 7 heteroatoms. The van der Waals surface area contributed by atoms with Crippen LogP contribution >= 0.6 is 58.0 Å². The van der Waals surface area contributed by atoms with Gasteiger partial charge in [0, 0.05) is 6.42 Å². The predicted molar refractivity (Wildman–Crippen MR) is 44.8 cm³/mol. The standard InChI is InChI=1S/C4H2Cl5F2/c5-2(4(9,10)11)1-3(6,7)8/h1H2. The van der Waals surface area contributed by atoms with Crippen molar-refractivity contribution in [2.24, 2.45) is 0 Å². The predicted octanol–water partition coefficient (Wildman–Crippen LogP) is 4.35. The molecule has 0 atom stereocenters. The van der Waals surface area contributed by atoms with Gasteiger partial charge in [-0.25, -0.2) is 0 Å². The summed E-state index contributed by atoms with van der Waals surface area (Å²) in [5.74, 6) is 0. The second-order valence-electron chi connectivity index (χ2n) is 1.69. The lowest BCUT2D eigenvalue weighted by atomic mass is 10.3. The van der Waals surface area contributed by atoms with Crippen molar-refractivity contribution in [2.45, 2.75) is 15.6 Å². The summed E-state index contributed by atoms with van der Waals surface area (Å²) < 4.78 is 22.3. The van der Waals surface area contributed by atoms with E-state index < -0.39 is 21.0 Å². The van der Waals surface area contributed by atoms with Crippen molar-refractivity contribution in [1.29, 1.82) is 0 Å². The van der Waals surface area contributed by atoms with Crippen molar-refractivity contribution in [3.05, 3.63) is 5.38 Å². The molecule has 1 radical (unpaired) electrons. The third-order valence-electron chi connectivity index (χ3n) is 0.663. The summed E-state index contributed by atoms with van der Waals surface area (Å²) >= 11 is 25.0. The lowest BCUT2D eigenvalue weighted by Gasteiger charge is -2.17. The van der Waals surface area contributed by atoms with Crippen LogP contribution in [0.1, 0.15) is 6.42 Å². The summed E-state index contributed by atoms with van der Waals surface area (Å²) in [6, 6.07) is 0. The SMILES string of the molecule is FC(F)(Cl)[C](Cl)CC(Cl)(Cl)Cl. The molecular formula is C4H2Cl5F2. The second-order valence-corrected chi connectivity index (χ2v) is 5.14. The summed E-state index contributed by atoms with van der Waals surface area (Å²) in [6.45, 7) is 0. The van der Waals surface area contributed by atoms with E-state index in [1.54, 1.807) is 0 Å². The molecule has 0 spiro atoms. The molecule has 0 amide bonds. The first-order chi connectivity index (χ1) is 4.63. The minimum absolute atomic E-state index is 0.588. The van der Waals surface area contributed by atoms with Gasteiger partial charge in [-0.15, -0.1) is 11.6 Å². The highest BCUT2D eigenvalue weighted by Crippen LogP contribution is 2.44. The van der Waals surface area contributed by atoms with E-state index in [1.807, 2.05) is 0 Å². The number of hydrogen-bond acceptors (Lipinski definition) is 0. The molecule has 0 aliphatic heterocycles. The van der Waals surface area contributed by atoms with Crippen molar-refractivity contribution in [2.75, 3.05) is 0 Å². The van der Waals surface area contributed by atoms with E-state index in [4.69, 9.17) is 46.4 Å². The Labute approximate surface area is 87.7 Å². The number of halogens is 7. The molecule has 0 aliphatic carbocycles. The third-order valence-corrected chi connectivity index (χ3v) is 1.76. The van der Waals surface area contributed by atoms with Crippen molar-refractivity contribution >= 4 is 58.0 Å². The maximum atomic E-state index is 12.1. The normalized spacial score (nSPS) is 14.2. The van der Waals surface area contributed by atoms with E-state index in [2.05, 4.69) is 11.6 Å². The second kappa shape index (κ2) is 4.01. The van der Waals surface area contributed by atoms with Crippen LogP contribution in [-0.4, -0.2) is 9.17 Å². The quantitative estimate of drug-likeness (QED) is 0.651. The fourth-order valence-corrected chi connectivity index (χ4v) is 1.15. The zero-order chi connectivity index (χ0) is 9.28. The Balaban J connectivity index is 3.99. The first-order valence-electron chi connectivity index (χ1n) is 2.28. The smallest absolute Gasteiger partial charge is 0.186 e. The van der Waals surface area contributed by atoms with Gasteiger partial charge < -0.3 is 0 Å². The first-order valence-corrected chi connectivity index (χ1v) is 4.17. The molecule has 0 aliphatic rings. The van der Waals surface area contributed by atoms with E-state index in [0.717, 1.165) is 0 Å². The molecule has 0 rings (SSSR count). The van der Waals surface area contributed by atoms with Crippen molar-refractivity contribution in [3.8, 4) is 0 Å². The zero-order valence-electron chi connectivity index (χ0n) is 4.85. The van der Waals surface area contributed by atoms with Crippen molar-refractivity contribution in [3.63, 3.8) is 0 Å². The van der Waals surface area contributed by atoms with Crippen LogP contribution in [0.25, 0.3) is 0 Å². The van der Waals surface area contributed by atoms with Crippen LogP contribution in [0.15, 0.2) is 0 Å². The van der Waals surface area contributed by atoms with Gasteiger partial charge in [0.1, 0.15) is 0 Å². The van der Waals surface area contributed by atoms with E-state index in [1.165, 1.54) is 0 Å². The van der Waals surface area contributed by atoms with E-state index >= 15 is 0 Å². The first kappa shape index (κ1) is 12.3. The zero-order valence-corrected chi connectivity index (χ0v) is 8.63. The summed E-state index contributed by atoms with van der Waals surface area (Å²) in [4.78, 5) is 0. The van der Waals surface area contributed by atoms with E-state index in [9.17, 15) is 8.78 Å². The van der Waals surface area contributed by atoms with E-state index in [-0.39, 0.29) is 0 Å². The molecule has 0 aromatic heterocycles. The molecule has 0 saturated carbocycles. The molecule has 0 unspecified atom stereocenters. The summed E-state index contributed by atoms with van der Waals surface area (Å²) in [6.07, 6.45) is -0.588. The van der Waals surface area contributed by atoms with Crippen LogP contribution in [-0.2, 0) is 0 Å². The largest absolute Gasteiger partial charge is 0.342 e. The number of hydrogen-bond donors (Lipinski definition) is 0. The van der Waals surface area contributed by atoms with Crippen LogP contribution in [0.4, 0.5) is 8.78 Å². The molecule has 0 saturated heterocycles. The van der Waals surface area contributed by atoms with Gasteiger partial charge >= 0.3 is 5.38 Å². The van der Waals surface area contributed by atoms with Gasteiger partial charge in [0.15, 0.2) is 9.17 Å². The average molecular weight is 265 g/mol. The van der Waals surface area contributed by atoms with Crippen LogP contribution < -0.4 is 0 Å². The van der Waals surface area contributed by atoms with Gasteiger partial charge in [0.05, 0.1) is 0 Å². The summed E-state index contributed by atoms with van der Waals surface area (Å²) in [5.41, 5.74) is 0. The molecule has 0 heterocycles. The van der Waals surface area contributed by atoms with Gasteiger partial charge in [0.25, 0.3) is 0 Å². The Bertz CT molecular complexity index is 125. The van der Waals surface area contributed by atoms with Crippen LogP contribution in [0.2, 0.25) is 0 Å². The Morgan fingerprint density at radius 3 is 1.55 bits per heavy atom. The highest BCUT2D eigenvalue weighted by molar-refractivity contribution is 6.67. The molecule has 0 aromatic rings. The molecule has 67 valence electrons. The Morgan fingerprint density at radius 2 is 1.45 bits per heavy atom. The van der Waals surface area contributed by atoms with Gasteiger partial charge in [-0.1, -0.05) is 34.8 Å². The van der Waals surface area contributed by atoms with Gasteiger partial charge in [-0.2, -0.15) is 8.78 Å². The van der Waals surface area contributed by atoms with Crippen LogP contribution in [0.3, 0.4) is 0 Å². The lowest BCUT2D eigenvalue weighted by Crippen LogP contribution is -2.19. The fourth-order valence-electron chi connectivity index (χ4n) is 0.276. The molecule has 0 aromatic carbocycles. The highest BCUT2D eigenvalue weighted by Gasteiger charge is 2.41. The molecule has 0 N–H and O–H groups in total. The minimum atomic E-state index is -3.63. The number of alkyl halides is 6. The lowest BCUT2D eigenvalue weighted by molar-refractivity contribution is 0.121. The van der Waals surface area contributed by atoms with Gasteiger partial charge in [0.2, 0.25) is 0 Å². The maximum absolute atomic E-state index is 12.1. The highest BCUT2D eigenvalue weighted by atomic mass is 35.6. The van der Waals surface area contributed by atoms with E-state index in [0.29, 0.717) is 0 Å². The topological polar surface area (TPSA) is 0 Å². The third kappa shape index (κ3) is 6.47. The van der Waals surface area contributed by atoms with Gasteiger partial charge in [-0.05, 0) is 11.6 Å². The van der Waals surface area contributed by atoms with Crippen molar-refractivity contribution < 1.29 is 8.78 Å². The molecule has 0 bridgehead atoms. The summed E-state index contributed by atoms with van der Waals surface area (Å²) in [7, 11) is 0. The van der Waals surface area contributed by atoms with Crippen molar-refractivity contribution in [1.82, 2.24) is 0 Å². The summed E-state index contributed by atoms with van der Waals surface area (Å²) in [5, 5.41) is -4.52. The number of rotatable bonds is 2. The maximum Gasteiger partial charge on any atom is 0.342 e. The molecular weight excluding hydrogens is 263 g/mol. The molecule has 0 nitrogen and oxygen atoms in total. The van der Waals surface area contributed by atoms with Crippen LogP contribution in [0.5, 0.6) is 0 Å².